The van der Waals surface area contributed by atoms with Gasteiger partial charge in [0, 0.05) is 29.6 Å². The number of aryl methyl sites for hydroxylation is 1. The van der Waals surface area contributed by atoms with Crippen molar-refractivity contribution in [3.05, 3.63) is 59.9 Å². The van der Waals surface area contributed by atoms with Gasteiger partial charge >= 0.3 is 0 Å². The van der Waals surface area contributed by atoms with Gasteiger partial charge in [0.1, 0.15) is 5.82 Å². The molecule has 0 saturated heterocycles. The molecular weight excluding hydrogens is 374 g/mol. The van der Waals surface area contributed by atoms with E-state index in [-0.39, 0.29) is 11.8 Å². The summed E-state index contributed by atoms with van der Waals surface area (Å²) in [4.78, 5) is 28.5. The van der Waals surface area contributed by atoms with Crippen molar-refractivity contribution in [2.75, 3.05) is 11.1 Å². The molecule has 0 radical (unpaired) electrons. The van der Waals surface area contributed by atoms with Crippen molar-refractivity contribution in [2.45, 2.75) is 25.3 Å². The molecule has 2 aromatic carbocycles. The maximum absolute atomic E-state index is 12.1. The van der Waals surface area contributed by atoms with E-state index in [1.54, 1.807) is 0 Å². The van der Waals surface area contributed by atoms with Crippen LogP contribution in [-0.2, 0) is 16.1 Å². The smallest absolute Gasteiger partial charge is 0.230 e. The van der Waals surface area contributed by atoms with Crippen molar-refractivity contribution >= 4 is 29.3 Å². The highest BCUT2D eigenvalue weighted by molar-refractivity contribution is 8.00. The van der Waals surface area contributed by atoms with E-state index in [1.165, 1.54) is 18.7 Å². The second kappa shape index (κ2) is 9.18. The van der Waals surface area contributed by atoms with E-state index in [2.05, 4.69) is 25.8 Å². The van der Waals surface area contributed by atoms with Gasteiger partial charge in [-0.1, -0.05) is 18.2 Å². The predicted octanol–water partition coefficient (Wildman–Crippen LogP) is 3.15. The number of carbonyl (C=O) groups is 2. The molecule has 0 saturated carbocycles. The van der Waals surface area contributed by atoms with Crippen LogP contribution >= 0.6 is 11.8 Å². The standard InChI is InChI=1S/C20H21N5O2S/c1-13-22-20(25-24-13)16-5-3-4-15(10-16)11-21-19(27)12-28-18-8-6-17(7-9-18)23-14(2)26/h3-10H,11-12H2,1-2H3,(H,21,27)(H,23,26)(H,22,24,25). The normalized spacial score (nSPS) is 10.5. The van der Waals surface area contributed by atoms with Crippen LogP contribution in [0.4, 0.5) is 5.69 Å². The van der Waals surface area contributed by atoms with Gasteiger partial charge in [0.2, 0.25) is 11.8 Å². The van der Waals surface area contributed by atoms with Crippen LogP contribution in [0.5, 0.6) is 0 Å². The van der Waals surface area contributed by atoms with Crippen LogP contribution in [0.15, 0.2) is 53.4 Å². The lowest BCUT2D eigenvalue weighted by atomic mass is 10.1. The first-order chi connectivity index (χ1) is 13.5. The highest BCUT2D eigenvalue weighted by atomic mass is 32.2. The predicted molar refractivity (Wildman–Crippen MR) is 110 cm³/mol. The number of H-pyrrole nitrogens is 1. The number of benzene rings is 2. The monoisotopic (exact) mass is 395 g/mol. The number of aromatic nitrogens is 3. The minimum absolute atomic E-state index is 0.0462. The number of amides is 2. The van der Waals surface area contributed by atoms with Crippen LogP contribution in [0.2, 0.25) is 0 Å². The Morgan fingerprint density at radius 1 is 1.14 bits per heavy atom. The molecule has 0 fully saturated rings. The van der Waals surface area contributed by atoms with Crippen LogP contribution in [-0.4, -0.2) is 32.7 Å². The summed E-state index contributed by atoms with van der Waals surface area (Å²) in [6.45, 7) is 3.76. The number of hydrogen-bond donors (Lipinski definition) is 3. The Labute approximate surface area is 167 Å². The number of carbonyl (C=O) groups excluding carboxylic acids is 2. The number of aromatic amines is 1. The Morgan fingerprint density at radius 2 is 1.93 bits per heavy atom. The fourth-order valence-electron chi connectivity index (χ4n) is 2.53. The van der Waals surface area contributed by atoms with Crippen LogP contribution in [0.25, 0.3) is 11.4 Å². The van der Waals surface area contributed by atoms with Crippen molar-refractivity contribution in [3.8, 4) is 11.4 Å². The number of nitrogens with zero attached hydrogens (tertiary/aromatic N) is 2. The van der Waals surface area contributed by atoms with Crippen molar-refractivity contribution in [2.24, 2.45) is 0 Å². The van der Waals surface area contributed by atoms with E-state index >= 15 is 0 Å². The van der Waals surface area contributed by atoms with E-state index < -0.39 is 0 Å². The van der Waals surface area contributed by atoms with Crippen molar-refractivity contribution in [3.63, 3.8) is 0 Å². The molecule has 1 heterocycles. The van der Waals surface area contributed by atoms with Crippen LogP contribution in [0.3, 0.4) is 0 Å². The molecule has 3 N–H and O–H groups in total. The fourth-order valence-corrected chi connectivity index (χ4v) is 3.26. The maximum Gasteiger partial charge on any atom is 0.230 e. The summed E-state index contributed by atoms with van der Waals surface area (Å²) < 4.78 is 0. The summed E-state index contributed by atoms with van der Waals surface area (Å²) in [5.41, 5.74) is 2.63. The maximum atomic E-state index is 12.1. The lowest BCUT2D eigenvalue weighted by Crippen LogP contribution is -2.24. The minimum atomic E-state index is -0.109. The van der Waals surface area contributed by atoms with Gasteiger partial charge in [-0.25, -0.2) is 4.98 Å². The zero-order chi connectivity index (χ0) is 19.9. The molecule has 144 valence electrons. The van der Waals surface area contributed by atoms with Crippen LogP contribution in [0.1, 0.15) is 18.3 Å². The molecule has 0 bridgehead atoms. The molecular formula is C20H21N5O2S. The molecule has 1 aromatic heterocycles. The zero-order valence-electron chi connectivity index (χ0n) is 15.7. The van der Waals surface area contributed by atoms with E-state index in [9.17, 15) is 9.59 Å². The Hall–Kier alpha value is -3.13. The van der Waals surface area contributed by atoms with Gasteiger partial charge in [-0.3, -0.25) is 14.7 Å². The second-order valence-corrected chi connectivity index (χ2v) is 7.26. The number of thioether (sulfide) groups is 1. The van der Waals surface area contributed by atoms with E-state index in [0.717, 1.165) is 27.5 Å². The summed E-state index contributed by atoms with van der Waals surface area (Å²) in [5, 5.41) is 12.6. The lowest BCUT2D eigenvalue weighted by molar-refractivity contribution is -0.118. The molecule has 0 unspecified atom stereocenters. The molecule has 7 nitrogen and oxygen atoms in total. The molecule has 0 aliphatic rings. The quantitative estimate of drug-likeness (QED) is 0.534. The molecule has 0 aliphatic heterocycles. The molecule has 0 atom stereocenters. The highest BCUT2D eigenvalue weighted by Gasteiger charge is 2.07. The van der Waals surface area contributed by atoms with E-state index in [4.69, 9.17) is 0 Å². The number of nitrogens with one attached hydrogen (secondary N) is 3. The number of hydrogen-bond acceptors (Lipinski definition) is 5. The van der Waals surface area contributed by atoms with Crippen molar-refractivity contribution < 1.29 is 9.59 Å². The van der Waals surface area contributed by atoms with Crippen LogP contribution in [0, 0.1) is 6.92 Å². The van der Waals surface area contributed by atoms with Gasteiger partial charge in [-0.15, -0.1) is 11.8 Å². The molecule has 3 aromatic rings. The Morgan fingerprint density at radius 3 is 2.61 bits per heavy atom. The zero-order valence-corrected chi connectivity index (χ0v) is 16.5. The first-order valence-electron chi connectivity index (χ1n) is 8.75. The van der Waals surface area contributed by atoms with Crippen molar-refractivity contribution in [1.82, 2.24) is 20.5 Å². The van der Waals surface area contributed by atoms with Gasteiger partial charge in [0.15, 0.2) is 5.82 Å². The van der Waals surface area contributed by atoms with Gasteiger partial charge in [0.05, 0.1) is 5.75 Å². The molecule has 2 amide bonds. The molecule has 0 spiro atoms. The summed E-state index contributed by atoms with van der Waals surface area (Å²) in [5.74, 6) is 1.57. The molecule has 0 aliphatic carbocycles. The Balaban J connectivity index is 1.48. The summed E-state index contributed by atoms with van der Waals surface area (Å²) >= 11 is 1.45. The Kier molecular flexibility index (Phi) is 6.44. The third-order valence-corrected chi connectivity index (χ3v) is 4.83. The topological polar surface area (TPSA) is 99.8 Å². The lowest BCUT2D eigenvalue weighted by Gasteiger charge is -2.07. The first-order valence-corrected chi connectivity index (χ1v) is 9.73. The van der Waals surface area contributed by atoms with E-state index in [1.807, 2.05) is 55.5 Å². The third-order valence-electron chi connectivity index (χ3n) is 3.82. The molecule has 28 heavy (non-hydrogen) atoms. The minimum Gasteiger partial charge on any atom is -0.351 e. The highest BCUT2D eigenvalue weighted by Crippen LogP contribution is 2.20. The largest absolute Gasteiger partial charge is 0.351 e. The number of rotatable bonds is 7. The first kappa shape index (κ1) is 19.6. The summed E-state index contributed by atoms with van der Waals surface area (Å²) in [6.07, 6.45) is 0. The van der Waals surface area contributed by atoms with E-state index in [0.29, 0.717) is 18.1 Å². The van der Waals surface area contributed by atoms with Gasteiger partial charge in [-0.05, 0) is 42.8 Å². The fraction of sp³-hybridized carbons (Fsp3) is 0.200. The summed E-state index contributed by atoms with van der Waals surface area (Å²) in [7, 11) is 0. The van der Waals surface area contributed by atoms with Gasteiger partial charge < -0.3 is 10.6 Å². The van der Waals surface area contributed by atoms with Gasteiger partial charge in [-0.2, -0.15) is 5.10 Å². The summed E-state index contributed by atoms with van der Waals surface area (Å²) in [6, 6.07) is 15.2. The average molecular weight is 395 g/mol. The second-order valence-electron chi connectivity index (χ2n) is 6.22. The number of anilines is 1. The Bertz CT molecular complexity index is 969. The third kappa shape index (κ3) is 5.68. The van der Waals surface area contributed by atoms with Gasteiger partial charge in [0.25, 0.3) is 0 Å². The molecule has 8 heteroatoms. The van der Waals surface area contributed by atoms with Crippen molar-refractivity contribution in [1.29, 1.82) is 0 Å². The average Bonchev–Trinajstić information content (AvgIpc) is 3.12. The van der Waals surface area contributed by atoms with Crippen LogP contribution < -0.4 is 10.6 Å². The molecule has 3 rings (SSSR count). The SMILES string of the molecule is CC(=O)Nc1ccc(SCC(=O)NCc2cccc(-c3n[nH]c(C)n3)c2)cc1.